The quantitative estimate of drug-likeness (QED) is 0.0216. The second-order valence-corrected chi connectivity index (χ2v) is 16.0. The number of aliphatic imine (C=N–C) groups is 1. The van der Waals surface area contributed by atoms with Crippen LogP contribution in [0.25, 0.3) is 11.1 Å². The molecular weight excluding hydrogens is 776 g/mol. The number of sulfonamides is 1. The van der Waals surface area contributed by atoms with E-state index in [2.05, 4.69) is 19.8 Å². The molecule has 0 saturated heterocycles. The van der Waals surface area contributed by atoms with Gasteiger partial charge in [0.15, 0.2) is 0 Å². The van der Waals surface area contributed by atoms with Crippen LogP contribution in [0.1, 0.15) is 66.0 Å². The largest absolute Gasteiger partial charge is 0.487 e. The molecule has 11 nitrogen and oxygen atoms in total. The third-order valence-corrected chi connectivity index (χ3v) is 11.7. The molecule has 302 valence electrons. The van der Waals surface area contributed by atoms with Gasteiger partial charge in [-0.1, -0.05) is 48.5 Å². The molecule has 0 aromatic heterocycles. The molecule has 1 atom stereocenters. The van der Waals surface area contributed by atoms with Crippen LogP contribution in [0.2, 0.25) is 0 Å². The maximum atomic E-state index is 14.4. The van der Waals surface area contributed by atoms with Crippen LogP contribution < -0.4 is 25.2 Å². The van der Waals surface area contributed by atoms with Crippen LogP contribution >= 0.6 is 0 Å². The zero-order valence-electron chi connectivity index (χ0n) is 31.5. The number of halogens is 5. The summed E-state index contributed by atoms with van der Waals surface area (Å²) in [5.74, 6) is -15.6. The third-order valence-electron chi connectivity index (χ3n) is 10.0. The second-order valence-electron chi connectivity index (χ2n) is 14.4. The molecule has 0 radical (unpaired) electrons. The molecule has 0 spiro atoms. The van der Waals surface area contributed by atoms with Crippen LogP contribution in [0.3, 0.4) is 0 Å². The summed E-state index contributed by atoms with van der Waals surface area (Å²) in [4.78, 5) is 30.3. The zero-order chi connectivity index (χ0) is 41.6. The molecule has 17 heteroatoms. The minimum absolute atomic E-state index is 0.0152. The smallest absolute Gasteiger partial charge is 0.407 e. The molecule has 1 aliphatic carbocycles. The van der Waals surface area contributed by atoms with Gasteiger partial charge in [-0.2, -0.15) is 8.78 Å². The van der Waals surface area contributed by atoms with E-state index in [4.69, 9.17) is 15.2 Å². The van der Waals surface area contributed by atoms with Gasteiger partial charge in [0.2, 0.25) is 40.8 Å². The molecular formula is C40H39F5N4O7S. The van der Waals surface area contributed by atoms with Gasteiger partial charge in [-0.3, -0.25) is 4.99 Å². The maximum absolute atomic E-state index is 14.4. The molecule has 0 saturated carbocycles. The first-order valence-electron chi connectivity index (χ1n) is 17.8. The zero-order valence-corrected chi connectivity index (χ0v) is 32.3. The van der Waals surface area contributed by atoms with Gasteiger partial charge >= 0.3 is 12.1 Å². The summed E-state index contributed by atoms with van der Waals surface area (Å²) in [6.07, 6.45) is -1.19. The van der Waals surface area contributed by atoms with Crippen molar-refractivity contribution in [2.45, 2.75) is 76.3 Å². The van der Waals surface area contributed by atoms with Crippen LogP contribution in [0, 0.1) is 49.9 Å². The first kappa shape index (κ1) is 40.9. The van der Waals surface area contributed by atoms with Gasteiger partial charge in [0.25, 0.3) is 10.0 Å². The highest BCUT2D eigenvalue weighted by molar-refractivity contribution is 7.90. The van der Waals surface area contributed by atoms with E-state index in [1.807, 2.05) is 62.4 Å². The summed E-state index contributed by atoms with van der Waals surface area (Å²) in [7, 11) is -4.26. The number of fused-ring (bicyclic) bond motifs is 4. The molecule has 1 aliphatic heterocycles. The molecule has 4 aromatic rings. The maximum Gasteiger partial charge on any atom is 0.407 e. The third kappa shape index (κ3) is 7.97. The molecule has 0 bridgehead atoms. The van der Waals surface area contributed by atoms with Crippen molar-refractivity contribution in [2.24, 2.45) is 10.7 Å². The van der Waals surface area contributed by atoms with Crippen molar-refractivity contribution < 1.29 is 54.2 Å². The number of hydrogen-bond donors (Lipinski definition) is 3. The number of alkyl carbamates (subject to hydrolysis) is 1. The number of hydrogen-bond acceptors (Lipinski definition) is 8. The van der Waals surface area contributed by atoms with Crippen LogP contribution in [0.15, 0.2) is 58.4 Å². The molecule has 4 N–H and O–H groups in total. The fourth-order valence-electron chi connectivity index (χ4n) is 7.24. The second kappa shape index (κ2) is 15.7. The minimum Gasteiger partial charge on any atom is -0.487 e. The number of rotatable bonds is 11. The number of nitrogens with zero attached hydrogens (tertiary/aromatic N) is 1. The highest BCUT2D eigenvalue weighted by atomic mass is 32.2. The molecule has 57 heavy (non-hydrogen) atoms. The number of nitrogens with two attached hydrogens (primary N) is 1. The van der Waals surface area contributed by atoms with Crippen molar-refractivity contribution in [3.05, 3.63) is 111 Å². The van der Waals surface area contributed by atoms with E-state index in [1.54, 1.807) is 20.8 Å². The highest BCUT2D eigenvalue weighted by Crippen LogP contribution is 2.45. The first-order chi connectivity index (χ1) is 26.8. The molecule has 0 fully saturated rings. The summed E-state index contributed by atoms with van der Waals surface area (Å²) in [5, 5.41) is 2.24. The van der Waals surface area contributed by atoms with Crippen LogP contribution in [-0.2, 0) is 26.0 Å². The molecule has 0 unspecified atom stereocenters. The first-order valence-corrected chi connectivity index (χ1v) is 19.3. The average molecular weight is 815 g/mol. The molecule has 1 amide bonds. The Bertz CT molecular complexity index is 2370. The Hall–Kier alpha value is -5.71. The van der Waals surface area contributed by atoms with E-state index >= 15 is 0 Å². The number of ether oxygens (including phenoxy) is 3. The van der Waals surface area contributed by atoms with Crippen molar-refractivity contribution in [1.29, 1.82) is 0 Å². The lowest BCUT2D eigenvalue weighted by Crippen LogP contribution is -2.44. The van der Waals surface area contributed by atoms with Crippen LogP contribution in [-0.4, -0.2) is 51.2 Å². The number of esters is 1. The predicted octanol–water partition coefficient (Wildman–Crippen LogP) is 6.91. The predicted molar refractivity (Wildman–Crippen MR) is 199 cm³/mol. The summed E-state index contributed by atoms with van der Waals surface area (Å²) in [5.41, 5.74) is 11.5. The number of nitrogens with one attached hydrogen (secondary N) is 2. The fourth-order valence-corrected chi connectivity index (χ4v) is 8.77. The standard InChI is InChI=1S/C40H39F5N4O7S/c1-19-20(2)36(21(3)26-17-40(4,5)56-34(19)26)57(52,53)49-38(46)47-16-10-15-28(37(50)55-35-32(44)30(42)29(41)31(43)33(35)45)48-39(51)54-18-27-24-13-8-6-11-22(24)23-12-7-9-14-25(23)27/h6-9,11-14,27-28H,10,15-18H2,1-5H3,(H,48,51)(H3,46,47,49)/t28-/m1/s1. The average Bonchev–Trinajstić information content (AvgIpc) is 3.67. The van der Waals surface area contributed by atoms with Crippen LogP contribution in [0.5, 0.6) is 11.5 Å². The Morgan fingerprint density at radius 2 is 1.46 bits per heavy atom. The number of guanidine groups is 1. The van der Waals surface area contributed by atoms with Crippen molar-refractivity contribution in [2.75, 3.05) is 13.2 Å². The van der Waals surface area contributed by atoms with Crippen molar-refractivity contribution >= 4 is 28.0 Å². The van der Waals surface area contributed by atoms with E-state index in [0.29, 0.717) is 28.9 Å². The lowest BCUT2D eigenvalue weighted by atomic mass is 9.94. The van der Waals surface area contributed by atoms with Gasteiger partial charge < -0.3 is 25.3 Å². The number of carbonyl (C=O) groups is 2. The molecule has 4 aromatic carbocycles. The van der Waals surface area contributed by atoms with Crippen molar-refractivity contribution in [3.8, 4) is 22.6 Å². The van der Waals surface area contributed by atoms with Gasteiger partial charge in [-0.15, -0.1) is 0 Å². The molecule has 1 heterocycles. The number of carbonyl (C=O) groups excluding carboxylic acids is 2. The minimum atomic E-state index is -4.26. The highest BCUT2D eigenvalue weighted by Gasteiger charge is 2.37. The fraction of sp³-hybridized carbons (Fsp3) is 0.325. The topological polar surface area (TPSA) is 158 Å². The Morgan fingerprint density at radius 1 is 0.895 bits per heavy atom. The molecule has 2 aliphatic rings. The summed E-state index contributed by atoms with van der Waals surface area (Å²) in [6.45, 7) is 8.44. The van der Waals surface area contributed by atoms with Gasteiger partial charge in [-0.05, 0) is 86.4 Å². The van der Waals surface area contributed by atoms with E-state index in [1.165, 1.54) is 0 Å². The summed E-state index contributed by atoms with van der Waals surface area (Å²) < 4.78 is 116. The van der Waals surface area contributed by atoms with Gasteiger partial charge in [0.05, 0.1) is 4.90 Å². The van der Waals surface area contributed by atoms with Crippen molar-refractivity contribution in [3.63, 3.8) is 0 Å². The van der Waals surface area contributed by atoms with Gasteiger partial charge in [-0.25, -0.2) is 35.9 Å². The van der Waals surface area contributed by atoms with E-state index in [9.17, 15) is 40.0 Å². The lowest BCUT2D eigenvalue weighted by Gasteiger charge is -2.20. The van der Waals surface area contributed by atoms with Crippen molar-refractivity contribution in [1.82, 2.24) is 10.0 Å². The summed E-state index contributed by atoms with van der Waals surface area (Å²) in [6, 6.07) is 13.2. The normalized spacial score (nSPS) is 14.9. The Balaban J connectivity index is 1.16. The van der Waals surface area contributed by atoms with Gasteiger partial charge in [0, 0.05) is 24.4 Å². The number of amides is 1. The Morgan fingerprint density at radius 3 is 2.05 bits per heavy atom. The SMILES string of the molecule is Cc1c(C)c(S(=O)(=O)NC(N)=NCCC[C@@H](NC(=O)OCC2c3ccccc3-c3ccccc32)C(=O)Oc2c(F)c(F)c(F)c(F)c2F)c(C)c2c1OC(C)(C)C2. The van der Waals surface area contributed by atoms with Gasteiger partial charge in [0.1, 0.15) is 24.0 Å². The monoisotopic (exact) mass is 814 g/mol. The lowest BCUT2D eigenvalue weighted by molar-refractivity contribution is -0.137. The van der Waals surface area contributed by atoms with E-state index in [0.717, 1.165) is 27.8 Å². The molecule has 6 rings (SSSR count). The summed E-state index contributed by atoms with van der Waals surface area (Å²) >= 11 is 0. The van der Waals surface area contributed by atoms with Crippen LogP contribution in [0.4, 0.5) is 26.7 Å². The number of benzene rings is 4. The Kier molecular flexibility index (Phi) is 11.3. The van der Waals surface area contributed by atoms with E-state index in [-0.39, 0.29) is 36.8 Å². The Labute approximate surface area is 325 Å². The van der Waals surface area contributed by atoms with E-state index < -0.39 is 74.5 Å².